The summed E-state index contributed by atoms with van der Waals surface area (Å²) in [7, 11) is 0. The monoisotopic (exact) mass is 410 g/mol. The molecule has 1 saturated heterocycles. The van der Waals surface area contributed by atoms with E-state index in [1.165, 1.54) is 0 Å². The Balaban J connectivity index is 1.32. The molecule has 1 aliphatic heterocycles. The second-order valence-electron chi connectivity index (χ2n) is 8.37. The second-order valence-corrected chi connectivity index (χ2v) is 8.37. The van der Waals surface area contributed by atoms with Crippen LogP contribution in [0.25, 0.3) is 22.4 Å². The summed E-state index contributed by atoms with van der Waals surface area (Å²) in [5.74, 6) is 0.951. The van der Waals surface area contributed by atoms with E-state index in [-0.39, 0.29) is 18.8 Å². The Morgan fingerprint density at radius 1 is 1.20 bits per heavy atom. The fourth-order valence-corrected chi connectivity index (χ4v) is 3.43. The van der Waals surface area contributed by atoms with Crippen molar-refractivity contribution in [2.24, 2.45) is 0 Å². The number of carbonyl (C=O) groups is 1. The zero-order valence-electron chi connectivity index (χ0n) is 17.5. The number of benzene rings is 1. The van der Waals surface area contributed by atoms with Gasteiger partial charge in [0.05, 0.1) is 17.2 Å². The highest BCUT2D eigenvalue weighted by Gasteiger charge is 2.27. The summed E-state index contributed by atoms with van der Waals surface area (Å²) in [6.45, 7) is 7.10. The van der Waals surface area contributed by atoms with Crippen LogP contribution in [0.1, 0.15) is 39.4 Å². The number of carbonyl (C=O) groups excluding carboxylic acids is 1. The lowest BCUT2D eigenvalue weighted by molar-refractivity contribution is -0.0190. The lowest BCUT2D eigenvalue weighted by Gasteiger charge is -2.33. The Hall–Kier alpha value is -3.00. The number of hydrogen-bond donors (Lipinski definition) is 0. The number of piperidine rings is 1. The third-order valence-corrected chi connectivity index (χ3v) is 4.89. The molecule has 0 spiro atoms. The van der Waals surface area contributed by atoms with Gasteiger partial charge in [-0.3, -0.25) is 4.98 Å². The van der Waals surface area contributed by atoms with Gasteiger partial charge in [-0.15, -0.1) is 0 Å². The number of nitrogens with zero attached hydrogens (tertiary/aromatic N) is 4. The smallest absolute Gasteiger partial charge is 0.410 e. The van der Waals surface area contributed by atoms with Crippen molar-refractivity contribution in [1.82, 2.24) is 20.0 Å². The summed E-state index contributed by atoms with van der Waals surface area (Å²) < 4.78 is 16.8. The van der Waals surface area contributed by atoms with Crippen LogP contribution in [0.4, 0.5) is 4.79 Å². The minimum atomic E-state index is -0.485. The maximum atomic E-state index is 12.2. The normalized spacial score (nSPS) is 15.5. The minimum Gasteiger partial charge on any atom is -0.444 e. The van der Waals surface area contributed by atoms with E-state index in [0.29, 0.717) is 24.8 Å². The van der Waals surface area contributed by atoms with Crippen LogP contribution >= 0.6 is 0 Å². The number of hydrogen-bond acceptors (Lipinski definition) is 7. The first kappa shape index (κ1) is 20.3. The molecule has 2 aromatic heterocycles. The Morgan fingerprint density at radius 2 is 1.97 bits per heavy atom. The van der Waals surface area contributed by atoms with E-state index >= 15 is 0 Å². The lowest BCUT2D eigenvalue weighted by atomic mass is 10.1. The van der Waals surface area contributed by atoms with Crippen molar-refractivity contribution >= 4 is 17.0 Å². The van der Waals surface area contributed by atoms with Crippen LogP contribution < -0.4 is 0 Å². The summed E-state index contributed by atoms with van der Waals surface area (Å²) in [5, 5.41) is 5.01. The third-order valence-electron chi connectivity index (χ3n) is 4.89. The number of para-hydroxylation sites is 1. The van der Waals surface area contributed by atoms with Gasteiger partial charge in [0.2, 0.25) is 0 Å². The molecule has 0 N–H and O–H groups in total. The van der Waals surface area contributed by atoms with Crippen LogP contribution in [-0.4, -0.2) is 50.9 Å². The van der Waals surface area contributed by atoms with E-state index in [1.807, 2.05) is 51.1 Å². The van der Waals surface area contributed by atoms with Crippen LogP contribution in [0.5, 0.6) is 0 Å². The molecule has 158 valence electrons. The first-order valence-corrected chi connectivity index (χ1v) is 10.2. The number of fused-ring (bicyclic) bond motifs is 1. The zero-order chi connectivity index (χ0) is 21.1. The van der Waals surface area contributed by atoms with E-state index in [2.05, 4.69) is 15.1 Å². The van der Waals surface area contributed by atoms with Crippen molar-refractivity contribution in [2.75, 3.05) is 13.1 Å². The molecule has 1 fully saturated rings. The summed E-state index contributed by atoms with van der Waals surface area (Å²) in [4.78, 5) is 22.7. The molecular weight excluding hydrogens is 384 g/mol. The molecule has 0 aliphatic carbocycles. The molecule has 0 unspecified atom stereocenters. The van der Waals surface area contributed by atoms with E-state index in [9.17, 15) is 4.79 Å². The average Bonchev–Trinajstić information content (AvgIpc) is 3.20. The van der Waals surface area contributed by atoms with Gasteiger partial charge in [-0.1, -0.05) is 23.4 Å². The molecule has 0 atom stereocenters. The van der Waals surface area contributed by atoms with Gasteiger partial charge >= 0.3 is 6.09 Å². The molecule has 0 saturated carbocycles. The molecule has 1 amide bonds. The van der Waals surface area contributed by atoms with Crippen LogP contribution in [-0.2, 0) is 16.1 Å². The first-order valence-electron chi connectivity index (χ1n) is 10.2. The molecule has 0 radical (unpaired) electrons. The van der Waals surface area contributed by atoms with Crippen LogP contribution in [0.3, 0.4) is 0 Å². The highest BCUT2D eigenvalue weighted by atomic mass is 16.6. The molecule has 8 nitrogen and oxygen atoms in total. The second kappa shape index (κ2) is 8.39. The Morgan fingerprint density at radius 3 is 2.73 bits per heavy atom. The van der Waals surface area contributed by atoms with Crippen molar-refractivity contribution in [3.63, 3.8) is 0 Å². The highest BCUT2D eigenvalue weighted by molar-refractivity contribution is 5.91. The Bertz CT molecular complexity index is 1010. The summed E-state index contributed by atoms with van der Waals surface area (Å²) in [6.07, 6.45) is 3.01. The number of ether oxygens (including phenoxy) is 2. The highest BCUT2D eigenvalue weighted by Crippen LogP contribution is 2.26. The number of amides is 1. The number of aromatic nitrogens is 3. The maximum absolute atomic E-state index is 12.2. The van der Waals surface area contributed by atoms with Crippen LogP contribution in [0, 0.1) is 0 Å². The van der Waals surface area contributed by atoms with E-state index in [4.69, 9.17) is 14.0 Å². The quantitative estimate of drug-likeness (QED) is 0.636. The van der Waals surface area contributed by atoms with Gasteiger partial charge in [0, 0.05) is 24.7 Å². The standard InChI is InChI=1S/C22H26N4O4/c1-22(2,3)29-21(27)26-12-9-15(10-13-26)28-14-19-24-20(30-25-19)17-8-11-23-18-7-5-4-6-16(17)18/h4-8,11,15H,9-10,12-14H2,1-3H3. The molecule has 1 aliphatic rings. The predicted octanol–water partition coefficient (Wildman–Crippen LogP) is 4.20. The Labute approximate surface area is 175 Å². The van der Waals surface area contributed by atoms with Crippen molar-refractivity contribution in [1.29, 1.82) is 0 Å². The van der Waals surface area contributed by atoms with E-state index in [1.54, 1.807) is 11.1 Å². The third kappa shape index (κ3) is 4.76. The summed E-state index contributed by atoms with van der Waals surface area (Å²) >= 11 is 0. The maximum Gasteiger partial charge on any atom is 0.410 e. The van der Waals surface area contributed by atoms with Crippen molar-refractivity contribution < 1.29 is 18.8 Å². The van der Waals surface area contributed by atoms with Gasteiger partial charge in [0.15, 0.2) is 5.82 Å². The average molecular weight is 410 g/mol. The molecule has 8 heteroatoms. The van der Waals surface area contributed by atoms with Crippen molar-refractivity contribution in [2.45, 2.75) is 51.9 Å². The van der Waals surface area contributed by atoms with Gasteiger partial charge in [0.1, 0.15) is 12.2 Å². The van der Waals surface area contributed by atoms with Gasteiger partial charge in [0.25, 0.3) is 5.89 Å². The molecule has 1 aromatic carbocycles. The number of likely N-dealkylation sites (tertiary alicyclic amines) is 1. The Kier molecular flexibility index (Phi) is 5.67. The fraction of sp³-hybridized carbons (Fsp3) is 0.455. The van der Waals surface area contributed by atoms with Gasteiger partial charge in [-0.05, 0) is 45.7 Å². The molecular formula is C22H26N4O4. The largest absolute Gasteiger partial charge is 0.444 e. The van der Waals surface area contributed by atoms with Gasteiger partial charge in [-0.25, -0.2) is 4.79 Å². The number of pyridine rings is 1. The van der Waals surface area contributed by atoms with Gasteiger partial charge in [-0.2, -0.15) is 4.98 Å². The molecule has 30 heavy (non-hydrogen) atoms. The lowest BCUT2D eigenvalue weighted by Crippen LogP contribution is -2.43. The SMILES string of the molecule is CC(C)(C)OC(=O)N1CCC(OCc2noc(-c3ccnc4ccccc34)n2)CC1. The molecule has 3 aromatic rings. The van der Waals surface area contributed by atoms with Crippen molar-refractivity contribution in [3.05, 3.63) is 42.4 Å². The summed E-state index contributed by atoms with van der Waals surface area (Å²) in [6, 6.07) is 9.70. The zero-order valence-corrected chi connectivity index (χ0v) is 17.5. The summed E-state index contributed by atoms with van der Waals surface area (Å²) in [5.41, 5.74) is 1.24. The van der Waals surface area contributed by atoms with E-state index in [0.717, 1.165) is 29.3 Å². The van der Waals surface area contributed by atoms with E-state index < -0.39 is 5.60 Å². The predicted molar refractivity (Wildman–Crippen MR) is 111 cm³/mol. The molecule has 3 heterocycles. The fourth-order valence-electron chi connectivity index (χ4n) is 3.43. The topological polar surface area (TPSA) is 90.6 Å². The van der Waals surface area contributed by atoms with Crippen LogP contribution in [0.2, 0.25) is 0 Å². The van der Waals surface area contributed by atoms with Crippen molar-refractivity contribution in [3.8, 4) is 11.5 Å². The number of rotatable bonds is 4. The molecule has 4 rings (SSSR count). The van der Waals surface area contributed by atoms with Crippen LogP contribution in [0.15, 0.2) is 41.1 Å². The minimum absolute atomic E-state index is 0.0485. The van der Waals surface area contributed by atoms with Gasteiger partial charge < -0.3 is 18.9 Å². The molecule has 0 bridgehead atoms. The first-order chi connectivity index (χ1) is 14.4.